The van der Waals surface area contributed by atoms with Gasteiger partial charge in [-0.15, -0.1) is 13.2 Å². The number of nitrogens with zero attached hydrogens (tertiary/aromatic N) is 1. The number of fused-ring (bicyclic) bond motifs is 3. The van der Waals surface area contributed by atoms with Crippen molar-refractivity contribution in [2.24, 2.45) is 5.73 Å². The van der Waals surface area contributed by atoms with Crippen molar-refractivity contribution in [2.45, 2.75) is 45.5 Å². The zero-order chi connectivity index (χ0) is 23.6. The van der Waals surface area contributed by atoms with Crippen LogP contribution in [0.2, 0.25) is 0 Å². The molecule has 0 saturated carbocycles. The van der Waals surface area contributed by atoms with Crippen molar-refractivity contribution in [3.8, 4) is 5.75 Å². The van der Waals surface area contributed by atoms with Crippen molar-refractivity contribution < 1.29 is 22.7 Å². The van der Waals surface area contributed by atoms with E-state index in [1.165, 1.54) is 17.7 Å². The predicted molar refractivity (Wildman–Crippen MR) is 123 cm³/mol. The monoisotopic (exact) mass is 454 g/mol. The summed E-state index contributed by atoms with van der Waals surface area (Å²) in [5.74, 6) is -0.761. The van der Waals surface area contributed by atoms with E-state index in [0.717, 1.165) is 53.1 Å². The molecule has 0 atom stereocenters. The van der Waals surface area contributed by atoms with Crippen LogP contribution in [0.25, 0.3) is 21.8 Å². The van der Waals surface area contributed by atoms with Crippen LogP contribution in [-0.2, 0) is 13.0 Å². The van der Waals surface area contributed by atoms with Crippen molar-refractivity contribution in [1.29, 1.82) is 0 Å². The molecule has 0 radical (unpaired) electrons. The van der Waals surface area contributed by atoms with E-state index in [9.17, 15) is 18.0 Å². The molecule has 1 amide bonds. The number of ether oxygens (including phenoxy) is 1. The molecular formula is C26H25F3N2O2. The van der Waals surface area contributed by atoms with Gasteiger partial charge in [0, 0.05) is 28.4 Å². The Labute approximate surface area is 189 Å². The average molecular weight is 454 g/mol. The number of alkyl halides is 3. The Morgan fingerprint density at radius 1 is 0.970 bits per heavy atom. The molecule has 0 aliphatic rings. The topological polar surface area (TPSA) is 57.2 Å². The Bertz CT molecular complexity index is 1290. The normalized spacial score (nSPS) is 11.9. The first-order chi connectivity index (χ1) is 15.8. The van der Waals surface area contributed by atoms with Gasteiger partial charge in [-0.1, -0.05) is 50.1 Å². The Balaban J connectivity index is 1.79. The van der Waals surface area contributed by atoms with Crippen molar-refractivity contribution in [3.05, 3.63) is 77.4 Å². The predicted octanol–water partition coefficient (Wildman–Crippen LogP) is 6.57. The highest BCUT2D eigenvalue weighted by molar-refractivity contribution is 6.18. The molecule has 0 spiro atoms. The van der Waals surface area contributed by atoms with E-state index in [4.69, 9.17) is 5.73 Å². The second kappa shape index (κ2) is 9.17. The van der Waals surface area contributed by atoms with Gasteiger partial charge in [0.15, 0.2) is 0 Å². The Morgan fingerprint density at radius 2 is 1.70 bits per heavy atom. The van der Waals surface area contributed by atoms with Gasteiger partial charge >= 0.3 is 6.36 Å². The number of primary amides is 1. The van der Waals surface area contributed by atoms with Gasteiger partial charge in [0.2, 0.25) is 5.91 Å². The van der Waals surface area contributed by atoms with Gasteiger partial charge in [-0.05, 0) is 54.3 Å². The zero-order valence-corrected chi connectivity index (χ0v) is 18.3. The van der Waals surface area contributed by atoms with Gasteiger partial charge in [0.25, 0.3) is 0 Å². The number of unbranched alkanes of at least 4 members (excludes halogenated alkanes) is 2. The lowest BCUT2D eigenvalue weighted by molar-refractivity contribution is -0.274. The van der Waals surface area contributed by atoms with Gasteiger partial charge in [0.1, 0.15) is 5.75 Å². The van der Waals surface area contributed by atoms with Crippen LogP contribution >= 0.6 is 0 Å². The SMILES string of the molecule is CCCCCc1ccc2c3c(C(N)=O)cccc3n(Cc3ccc(OC(F)(F)F)cc3)c2c1. The average Bonchev–Trinajstić information content (AvgIpc) is 3.07. The number of nitrogens with two attached hydrogens (primary N) is 1. The molecule has 0 aliphatic carbocycles. The van der Waals surface area contributed by atoms with Crippen molar-refractivity contribution in [2.75, 3.05) is 0 Å². The second-order valence-corrected chi connectivity index (χ2v) is 8.15. The lowest BCUT2D eigenvalue weighted by Gasteiger charge is -2.11. The molecule has 0 fully saturated rings. The van der Waals surface area contributed by atoms with Gasteiger partial charge < -0.3 is 15.0 Å². The second-order valence-electron chi connectivity index (χ2n) is 8.15. The number of hydrogen-bond donors (Lipinski definition) is 1. The fraction of sp³-hybridized carbons (Fsp3) is 0.269. The third-order valence-corrected chi connectivity index (χ3v) is 5.79. The molecular weight excluding hydrogens is 429 g/mol. The number of hydrogen-bond acceptors (Lipinski definition) is 2. The van der Waals surface area contributed by atoms with Crippen LogP contribution in [0.4, 0.5) is 13.2 Å². The summed E-state index contributed by atoms with van der Waals surface area (Å²) in [6.07, 6.45) is -0.391. The first-order valence-electron chi connectivity index (χ1n) is 10.9. The summed E-state index contributed by atoms with van der Waals surface area (Å²) in [4.78, 5) is 12.1. The fourth-order valence-corrected chi connectivity index (χ4v) is 4.28. The van der Waals surface area contributed by atoms with Crippen molar-refractivity contribution in [1.82, 2.24) is 4.57 Å². The molecule has 7 heteroatoms. The van der Waals surface area contributed by atoms with E-state index < -0.39 is 12.3 Å². The highest BCUT2D eigenvalue weighted by Crippen LogP contribution is 2.33. The van der Waals surface area contributed by atoms with E-state index in [1.54, 1.807) is 24.3 Å². The minimum absolute atomic E-state index is 0.261. The first-order valence-corrected chi connectivity index (χ1v) is 10.9. The molecule has 33 heavy (non-hydrogen) atoms. The number of amides is 1. The van der Waals surface area contributed by atoms with Crippen molar-refractivity contribution in [3.63, 3.8) is 0 Å². The Hall–Kier alpha value is -3.48. The quantitative estimate of drug-likeness (QED) is 0.306. The molecule has 0 saturated heterocycles. The maximum Gasteiger partial charge on any atom is 0.573 e. The number of benzene rings is 3. The third kappa shape index (κ3) is 4.97. The minimum atomic E-state index is -4.73. The molecule has 0 unspecified atom stereocenters. The number of carbonyl (C=O) groups excluding carboxylic acids is 1. The summed E-state index contributed by atoms with van der Waals surface area (Å²) in [5, 5.41) is 1.72. The summed E-state index contributed by atoms with van der Waals surface area (Å²) in [7, 11) is 0. The zero-order valence-electron chi connectivity index (χ0n) is 18.3. The van der Waals surface area contributed by atoms with E-state index in [0.29, 0.717) is 12.1 Å². The largest absolute Gasteiger partial charge is 0.573 e. The minimum Gasteiger partial charge on any atom is -0.406 e. The van der Waals surface area contributed by atoms with Crippen LogP contribution in [0.1, 0.15) is 47.7 Å². The van der Waals surface area contributed by atoms with Gasteiger partial charge in [0.05, 0.1) is 5.52 Å². The lowest BCUT2D eigenvalue weighted by Crippen LogP contribution is -2.17. The summed E-state index contributed by atoms with van der Waals surface area (Å²) in [6.45, 7) is 2.59. The van der Waals surface area contributed by atoms with Crippen LogP contribution in [0.15, 0.2) is 60.7 Å². The molecule has 172 valence electrons. The third-order valence-electron chi connectivity index (χ3n) is 5.79. The summed E-state index contributed by atoms with van der Waals surface area (Å²) in [5.41, 5.74) is 9.93. The highest BCUT2D eigenvalue weighted by Gasteiger charge is 2.31. The maximum atomic E-state index is 12.5. The van der Waals surface area contributed by atoms with Gasteiger partial charge in [-0.3, -0.25) is 4.79 Å². The summed E-state index contributed by atoms with van der Waals surface area (Å²) in [6, 6.07) is 17.5. The van der Waals surface area contributed by atoms with Crippen LogP contribution in [0.3, 0.4) is 0 Å². The summed E-state index contributed by atoms with van der Waals surface area (Å²) >= 11 is 0. The molecule has 0 aliphatic heterocycles. The molecule has 4 nitrogen and oxygen atoms in total. The number of aromatic nitrogens is 1. The van der Waals surface area contributed by atoms with Gasteiger partial charge in [-0.25, -0.2) is 0 Å². The highest BCUT2D eigenvalue weighted by atomic mass is 19.4. The molecule has 0 bridgehead atoms. The number of halogens is 3. The number of carbonyl (C=O) groups is 1. The van der Waals surface area contributed by atoms with Crippen LogP contribution in [0, 0.1) is 0 Å². The molecule has 4 aromatic rings. The van der Waals surface area contributed by atoms with Gasteiger partial charge in [-0.2, -0.15) is 0 Å². The lowest BCUT2D eigenvalue weighted by atomic mass is 10.0. The Morgan fingerprint density at radius 3 is 2.36 bits per heavy atom. The molecule has 1 aromatic heterocycles. The molecule has 2 N–H and O–H groups in total. The molecule has 1 heterocycles. The van der Waals surface area contributed by atoms with Crippen molar-refractivity contribution >= 4 is 27.7 Å². The van der Waals surface area contributed by atoms with E-state index in [-0.39, 0.29) is 5.75 Å². The van der Waals surface area contributed by atoms with E-state index in [2.05, 4.69) is 28.4 Å². The first kappa shape index (κ1) is 22.7. The smallest absolute Gasteiger partial charge is 0.406 e. The molecule has 4 rings (SSSR count). The van der Waals surface area contributed by atoms with E-state index >= 15 is 0 Å². The van der Waals surface area contributed by atoms with E-state index in [1.807, 2.05) is 12.1 Å². The number of aryl methyl sites for hydroxylation is 1. The fourth-order valence-electron chi connectivity index (χ4n) is 4.28. The Kier molecular flexibility index (Phi) is 6.31. The standard InChI is InChI=1S/C26H25F3N2O2/c1-2-3-4-6-17-11-14-20-23(15-17)31(22-8-5-7-21(24(20)22)25(30)32)16-18-9-12-19(13-10-18)33-26(27,28)29/h5,7-15H,2-4,6,16H2,1H3,(H2,30,32). The van der Waals surface area contributed by atoms with Crippen LogP contribution in [-0.4, -0.2) is 16.8 Å². The van der Waals surface area contributed by atoms with Crippen LogP contribution in [0.5, 0.6) is 5.75 Å². The summed E-state index contributed by atoms with van der Waals surface area (Å²) < 4.78 is 43.5. The van der Waals surface area contributed by atoms with Crippen LogP contribution < -0.4 is 10.5 Å². The number of rotatable bonds is 8. The maximum absolute atomic E-state index is 12.5. The molecule has 3 aromatic carbocycles.